The Morgan fingerprint density at radius 2 is 1.74 bits per heavy atom. The lowest BCUT2D eigenvalue weighted by atomic mass is 9.99. The van der Waals surface area contributed by atoms with Crippen LogP contribution in [0.1, 0.15) is 6.92 Å². The molecule has 0 bridgehead atoms. The summed E-state index contributed by atoms with van der Waals surface area (Å²) < 4.78 is 21.3. The maximum atomic E-state index is 12.9. The lowest BCUT2D eigenvalue weighted by Gasteiger charge is -2.39. The summed E-state index contributed by atoms with van der Waals surface area (Å²) in [6.07, 6.45) is -6.38. The van der Waals surface area contributed by atoms with Crippen molar-refractivity contribution in [2.45, 2.75) is 37.6 Å². The van der Waals surface area contributed by atoms with E-state index >= 15 is 0 Å². The van der Waals surface area contributed by atoms with Gasteiger partial charge in [-0.1, -0.05) is 12.1 Å². The van der Waals surface area contributed by atoms with Crippen LogP contribution in [0.2, 0.25) is 0 Å². The Hall–Kier alpha value is -3.64. The molecule has 34 heavy (non-hydrogen) atoms. The van der Waals surface area contributed by atoms with Crippen LogP contribution in [-0.4, -0.2) is 68.8 Å². The van der Waals surface area contributed by atoms with Gasteiger partial charge in [-0.2, -0.15) is 0 Å². The molecule has 1 aromatic heterocycles. The molecule has 0 spiro atoms. The number of aromatic hydroxyl groups is 2. The molecule has 2 heterocycles. The molecule has 3 aromatic rings. The zero-order valence-electron chi connectivity index (χ0n) is 17.8. The number of esters is 1. The van der Waals surface area contributed by atoms with Crippen LogP contribution in [0.4, 0.5) is 0 Å². The molecule has 5 N–H and O–H groups in total. The number of carbonyl (C=O) groups excluding carboxylic acids is 1. The van der Waals surface area contributed by atoms with Crippen LogP contribution < -0.4 is 10.2 Å². The minimum absolute atomic E-state index is 0.0233. The average Bonchev–Trinajstić information content (AvgIpc) is 2.79. The highest BCUT2D eigenvalue weighted by atomic mass is 16.7. The molecule has 1 aliphatic rings. The molecule has 1 saturated heterocycles. The number of ether oxygens (including phenoxy) is 3. The van der Waals surface area contributed by atoms with Crippen molar-refractivity contribution < 1.29 is 49.0 Å². The lowest BCUT2D eigenvalue weighted by molar-refractivity contribution is -0.278. The summed E-state index contributed by atoms with van der Waals surface area (Å²) in [6, 6.07) is 8.25. The molecule has 0 radical (unpaired) electrons. The number of rotatable bonds is 5. The largest absolute Gasteiger partial charge is 0.508 e. The fraction of sp³-hybridized carbons (Fsp3) is 0.304. The summed E-state index contributed by atoms with van der Waals surface area (Å²) in [5, 5.41) is 50.3. The third-order valence-electron chi connectivity index (χ3n) is 5.38. The van der Waals surface area contributed by atoms with Crippen molar-refractivity contribution in [3.8, 4) is 28.4 Å². The van der Waals surface area contributed by atoms with E-state index < -0.39 is 54.5 Å². The first-order valence-corrected chi connectivity index (χ1v) is 10.2. The summed E-state index contributed by atoms with van der Waals surface area (Å²) in [5.41, 5.74) is 0.0843. The Morgan fingerprint density at radius 1 is 1.03 bits per heavy atom. The minimum atomic E-state index is -1.68. The van der Waals surface area contributed by atoms with Crippen molar-refractivity contribution in [1.29, 1.82) is 0 Å². The number of hydrogen-bond acceptors (Lipinski definition) is 11. The molecule has 4 rings (SSSR count). The monoisotopic (exact) mass is 474 g/mol. The van der Waals surface area contributed by atoms with Gasteiger partial charge in [-0.05, 0) is 17.7 Å². The lowest BCUT2D eigenvalue weighted by Crippen LogP contribution is -2.60. The summed E-state index contributed by atoms with van der Waals surface area (Å²) in [4.78, 5) is 24.0. The molecule has 11 heteroatoms. The van der Waals surface area contributed by atoms with Gasteiger partial charge in [-0.15, -0.1) is 0 Å². The van der Waals surface area contributed by atoms with Gasteiger partial charge in [-0.3, -0.25) is 9.59 Å². The topological polar surface area (TPSA) is 176 Å². The fourth-order valence-electron chi connectivity index (χ4n) is 3.60. The van der Waals surface area contributed by atoms with E-state index in [1.54, 1.807) is 0 Å². The van der Waals surface area contributed by atoms with Crippen molar-refractivity contribution >= 4 is 16.9 Å². The quantitative estimate of drug-likeness (QED) is 0.328. The zero-order chi connectivity index (χ0) is 24.6. The number of fused-ring (bicyclic) bond motifs is 1. The van der Waals surface area contributed by atoms with E-state index in [-0.39, 0.29) is 28.0 Å². The number of aliphatic hydroxyl groups excluding tert-OH is 3. The molecule has 11 nitrogen and oxygen atoms in total. The minimum Gasteiger partial charge on any atom is -0.508 e. The summed E-state index contributed by atoms with van der Waals surface area (Å²) in [6.45, 7) is 0.769. The number of hydrogen-bond donors (Lipinski definition) is 5. The van der Waals surface area contributed by atoms with E-state index in [2.05, 4.69) is 0 Å². The zero-order valence-corrected chi connectivity index (χ0v) is 17.8. The average molecular weight is 474 g/mol. The van der Waals surface area contributed by atoms with Crippen LogP contribution in [0.5, 0.6) is 17.2 Å². The van der Waals surface area contributed by atoms with Gasteiger partial charge in [0, 0.05) is 19.1 Å². The Labute approximate surface area is 192 Å². The van der Waals surface area contributed by atoms with Crippen LogP contribution in [0.15, 0.2) is 51.9 Å². The van der Waals surface area contributed by atoms with Gasteiger partial charge in [-0.25, -0.2) is 0 Å². The van der Waals surface area contributed by atoms with Gasteiger partial charge in [0.2, 0.25) is 11.7 Å². The molecular formula is C23H22O11. The van der Waals surface area contributed by atoms with Gasteiger partial charge in [0.15, 0.2) is 0 Å². The van der Waals surface area contributed by atoms with Crippen molar-refractivity contribution in [3.05, 3.63) is 52.9 Å². The Bertz CT molecular complexity index is 1250. The number of phenolic OH excluding ortho intramolecular Hbond substituents is 2. The third-order valence-corrected chi connectivity index (χ3v) is 5.38. The van der Waals surface area contributed by atoms with Gasteiger partial charge in [0.1, 0.15) is 65.5 Å². The van der Waals surface area contributed by atoms with Crippen LogP contribution in [0, 0.1) is 0 Å². The molecule has 5 atom stereocenters. The third kappa shape index (κ3) is 4.54. The molecule has 180 valence electrons. The highest BCUT2D eigenvalue weighted by molar-refractivity contribution is 5.88. The Kier molecular flexibility index (Phi) is 6.44. The second kappa shape index (κ2) is 9.31. The SMILES string of the molecule is CC(=O)OCC1O[C@@H](Oc2cc(O)c3c(=O)c(-c4ccc(O)cc4)coc3c2)C(O)C(O)[C@H]1O. The van der Waals surface area contributed by atoms with E-state index in [4.69, 9.17) is 18.6 Å². The molecule has 1 aliphatic heterocycles. The highest BCUT2D eigenvalue weighted by Gasteiger charge is 2.45. The first-order valence-electron chi connectivity index (χ1n) is 10.2. The number of phenols is 2. The van der Waals surface area contributed by atoms with Gasteiger partial charge >= 0.3 is 5.97 Å². The second-order valence-electron chi connectivity index (χ2n) is 7.78. The standard InChI is InChI=1S/C23H22O11/c1-10(24)31-9-17-20(28)21(29)22(30)23(34-17)33-13-6-15(26)18-16(7-13)32-8-14(19(18)27)11-2-4-12(25)5-3-11/h2-8,17,20-23,25-26,28-30H,9H2,1H3/t17?,20-,21?,22?,23+/m0/s1. The summed E-state index contributed by atoms with van der Waals surface area (Å²) in [7, 11) is 0. The van der Waals surface area contributed by atoms with Crippen LogP contribution in [-0.2, 0) is 14.3 Å². The first-order chi connectivity index (χ1) is 16.2. The molecule has 3 unspecified atom stereocenters. The molecular weight excluding hydrogens is 452 g/mol. The predicted octanol–water partition coefficient (Wildman–Crippen LogP) is 0.621. The maximum Gasteiger partial charge on any atom is 0.302 e. The number of benzene rings is 2. The first kappa shape index (κ1) is 23.5. The second-order valence-corrected chi connectivity index (χ2v) is 7.78. The summed E-state index contributed by atoms with van der Waals surface area (Å²) >= 11 is 0. The smallest absolute Gasteiger partial charge is 0.302 e. The van der Waals surface area contributed by atoms with Crippen LogP contribution in [0.25, 0.3) is 22.1 Å². The van der Waals surface area contributed by atoms with E-state index in [0.717, 1.165) is 13.0 Å². The number of aliphatic hydroxyl groups is 3. The Morgan fingerprint density at radius 3 is 2.41 bits per heavy atom. The fourth-order valence-corrected chi connectivity index (χ4v) is 3.60. The maximum absolute atomic E-state index is 12.9. The van der Waals surface area contributed by atoms with Gasteiger partial charge in [0.05, 0.1) is 5.56 Å². The van der Waals surface area contributed by atoms with E-state index in [1.165, 1.54) is 36.6 Å². The van der Waals surface area contributed by atoms with Gasteiger partial charge in [0.25, 0.3) is 0 Å². The molecule has 1 fully saturated rings. The molecule has 0 aliphatic carbocycles. The van der Waals surface area contributed by atoms with Gasteiger partial charge < -0.3 is 44.2 Å². The van der Waals surface area contributed by atoms with Crippen molar-refractivity contribution in [3.63, 3.8) is 0 Å². The van der Waals surface area contributed by atoms with E-state index in [9.17, 15) is 35.1 Å². The van der Waals surface area contributed by atoms with E-state index in [0.29, 0.717) is 5.56 Å². The van der Waals surface area contributed by atoms with Crippen molar-refractivity contribution in [1.82, 2.24) is 0 Å². The van der Waals surface area contributed by atoms with E-state index in [1.807, 2.05) is 0 Å². The molecule has 2 aromatic carbocycles. The normalized spacial score (nSPS) is 24.6. The van der Waals surface area contributed by atoms with Crippen LogP contribution in [0.3, 0.4) is 0 Å². The van der Waals surface area contributed by atoms with Crippen molar-refractivity contribution in [2.24, 2.45) is 0 Å². The highest BCUT2D eigenvalue weighted by Crippen LogP contribution is 2.32. The van der Waals surface area contributed by atoms with Crippen LogP contribution >= 0.6 is 0 Å². The number of carbonyl (C=O) groups is 1. The predicted molar refractivity (Wildman–Crippen MR) is 115 cm³/mol. The van der Waals surface area contributed by atoms with Crippen molar-refractivity contribution in [2.75, 3.05) is 6.61 Å². The molecule has 0 amide bonds. The molecule has 0 saturated carbocycles. The Balaban J connectivity index is 1.62. The summed E-state index contributed by atoms with van der Waals surface area (Å²) in [5.74, 6) is -1.14.